The second-order valence-electron chi connectivity index (χ2n) is 8.32. The van der Waals surface area contributed by atoms with Crippen LogP contribution in [-0.2, 0) is 13.5 Å². The molecule has 0 spiro atoms. The van der Waals surface area contributed by atoms with Crippen molar-refractivity contribution in [1.82, 2.24) is 24.8 Å². The molecule has 0 bridgehead atoms. The van der Waals surface area contributed by atoms with Crippen molar-refractivity contribution < 1.29 is 9.59 Å². The average molecular weight is 406 g/mol. The summed E-state index contributed by atoms with van der Waals surface area (Å²) in [4.78, 5) is 36.0. The minimum atomic E-state index is -0.0489. The molecular weight excluding hydrogens is 378 g/mol. The van der Waals surface area contributed by atoms with Crippen molar-refractivity contribution in [2.45, 2.75) is 32.7 Å². The number of rotatable bonds is 5. The Morgan fingerprint density at radius 3 is 2.87 bits per heavy atom. The number of benzene rings is 1. The van der Waals surface area contributed by atoms with Gasteiger partial charge < -0.3 is 14.8 Å². The van der Waals surface area contributed by atoms with Crippen molar-refractivity contribution in [3.63, 3.8) is 0 Å². The minimum Gasteiger partial charge on any atom is -0.350 e. The number of pyridine rings is 1. The van der Waals surface area contributed by atoms with E-state index >= 15 is 0 Å². The molecule has 7 nitrogen and oxygen atoms in total. The summed E-state index contributed by atoms with van der Waals surface area (Å²) in [5.41, 5.74) is 3.78. The average Bonchev–Trinajstić information content (AvgIpc) is 3.34. The number of carbonyl (C=O) groups excluding carboxylic acids is 2. The largest absolute Gasteiger partial charge is 0.350 e. The van der Waals surface area contributed by atoms with Crippen molar-refractivity contribution in [3.8, 4) is 0 Å². The molecule has 1 aliphatic rings. The summed E-state index contributed by atoms with van der Waals surface area (Å²) in [5.74, 6) is 0.333. The highest BCUT2D eigenvalue weighted by Gasteiger charge is 2.28. The van der Waals surface area contributed by atoms with Crippen LogP contribution in [0.5, 0.6) is 0 Å². The van der Waals surface area contributed by atoms with E-state index in [1.807, 2.05) is 48.6 Å². The van der Waals surface area contributed by atoms with Gasteiger partial charge in [-0.05, 0) is 56.4 Å². The molecule has 2 amide bonds. The molecule has 7 heteroatoms. The Morgan fingerprint density at radius 1 is 1.23 bits per heavy atom. The summed E-state index contributed by atoms with van der Waals surface area (Å²) in [6, 6.07) is 9.64. The summed E-state index contributed by atoms with van der Waals surface area (Å²) in [6.07, 6.45) is 5.15. The lowest BCUT2D eigenvalue weighted by Crippen LogP contribution is -2.30. The van der Waals surface area contributed by atoms with Crippen LogP contribution in [0.1, 0.15) is 46.5 Å². The van der Waals surface area contributed by atoms with Crippen LogP contribution in [0.15, 0.2) is 42.9 Å². The highest BCUT2D eigenvalue weighted by molar-refractivity contribution is 6.04. The number of aryl methyl sites for hydroxylation is 1. The Bertz CT molecular complexity index is 1090. The fourth-order valence-electron chi connectivity index (χ4n) is 4.07. The van der Waals surface area contributed by atoms with Crippen molar-refractivity contribution in [1.29, 1.82) is 0 Å². The maximum absolute atomic E-state index is 13.1. The number of aromatic nitrogens is 3. The molecule has 1 aromatic carbocycles. The number of hydrogen-bond donors (Lipinski definition) is 1. The van der Waals surface area contributed by atoms with Gasteiger partial charge in [0, 0.05) is 37.9 Å². The van der Waals surface area contributed by atoms with Gasteiger partial charge in [0.1, 0.15) is 5.52 Å². The quantitative estimate of drug-likeness (QED) is 0.708. The number of nitrogens with zero attached hydrogens (tertiary/aromatic N) is 4. The maximum Gasteiger partial charge on any atom is 0.256 e. The number of fused-ring (bicyclic) bond motifs is 1. The molecular formula is C23H27N5O2. The third-order valence-corrected chi connectivity index (χ3v) is 5.54. The van der Waals surface area contributed by atoms with Crippen molar-refractivity contribution >= 4 is 23.0 Å². The Hall–Kier alpha value is -3.22. The highest BCUT2D eigenvalue weighted by atomic mass is 16.2. The molecule has 1 N–H and O–H groups in total. The van der Waals surface area contributed by atoms with E-state index in [-0.39, 0.29) is 17.9 Å². The molecule has 3 aromatic rings. The van der Waals surface area contributed by atoms with Gasteiger partial charge in [0.25, 0.3) is 11.8 Å². The summed E-state index contributed by atoms with van der Waals surface area (Å²) in [5, 5.41) is 2.93. The number of hydrogen-bond acceptors (Lipinski definition) is 4. The van der Waals surface area contributed by atoms with Crippen LogP contribution in [0.25, 0.3) is 11.2 Å². The van der Waals surface area contributed by atoms with Crippen molar-refractivity contribution in [2.24, 2.45) is 13.0 Å². The Balaban J connectivity index is 1.43. The van der Waals surface area contributed by atoms with Gasteiger partial charge in [-0.2, -0.15) is 0 Å². The van der Waals surface area contributed by atoms with Gasteiger partial charge in [0.2, 0.25) is 0 Å². The highest BCUT2D eigenvalue weighted by Crippen LogP contribution is 2.24. The fourth-order valence-corrected chi connectivity index (χ4v) is 4.07. The van der Waals surface area contributed by atoms with Gasteiger partial charge in [-0.15, -0.1) is 0 Å². The van der Waals surface area contributed by atoms with Crippen LogP contribution < -0.4 is 5.32 Å². The molecule has 156 valence electrons. The molecule has 2 aromatic heterocycles. The smallest absolute Gasteiger partial charge is 0.256 e. The molecule has 1 aliphatic heterocycles. The van der Waals surface area contributed by atoms with E-state index in [0.717, 1.165) is 24.9 Å². The van der Waals surface area contributed by atoms with Crippen molar-refractivity contribution in [2.75, 3.05) is 13.1 Å². The predicted octanol–water partition coefficient (Wildman–Crippen LogP) is 2.81. The topological polar surface area (TPSA) is 80.1 Å². The van der Waals surface area contributed by atoms with E-state index < -0.39 is 0 Å². The zero-order valence-corrected chi connectivity index (χ0v) is 17.6. The van der Waals surface area contributed by atoms with E-state index in [1.54, 1.807) is 18.6 Å². The molecule has 0 aliphatic carbocycles. The molecule has 3 heterocycles. The number of likely N-dealkylation sites (tertiary alicyclic amines) is 1. The standard InChI is InChI=1S/C23H27N5O2/c1-15(2)26-22(29)18-6-4-5-16(12-18)11-17-8-10-28(13-17)23(30)19-7-9-24-21-20(19)25-14-27(21)3/h4-7,9,12,14-15,17H,8,10-11,13H2,1-3H3,(H,26,29). The number of carbonyl (C=O) groups is 2. The van der Waals surface area contributed by atoms with Crippen LogP contribution >= 0.6 is 0 Å². The van der Waals surface area contributed by atoms with Crippen LogP contribution in [0.2, 0.25) is 0 Å². The van der Waals surface area contributed by atoms with Crippen LogP contribution in [0.4, 0.5) is 0 Å². The lowest BCUT2D eigenvalue weighted by molar-refractivity contribution is 0.0788. The summed E-state index contributed by atoms with van der Waals surface area (Å²) in [6.45, 7) is 5.34. The van der Waals surface area contributed by atoms with Crippen LogP contribution in [0.3, 0.4) is 0 Å². The molecule has 1 unspecified atom stereocenters. The zero-order chi connectivity index (χ0) is 21.3. The first-order valence-corrected chi connectivity index (χ1v) is 10.4. The third kappa shape index (κ3) is 4.06. The summed E-state index contributed by atoms with van der Waals surface area (Å²) in [7, 11) is 1.87. The molecule has 1 saturated heterocycles. The normalized spacial score (nSPS) is 16.4. The number of amides is 2. The van der Waals surface area contributed by atoms with Gasteiger partial charge in [0.15, 0.2) is 5.65 Å². The Labute approximate surface area is 176 Å². The molecule has 1 atom stereocenters. The molecule has 4 rings (SSSR count). The van der Waals surface area contributed by atoms with Crippen LogP contribution in [0, 0.1) is 5.92 Å². The van der Waals surface area contributed by atoms with Gasteiger partial charge in [0.05, 0.1) is 11.9 Å². The van der Waals surface area contributed by atoms with Crippen LogP contribution in [-0.4, -0.2) is 50.4 Å². The first-order valence-electron chi connectivity index (χ1n) is 10.4. The monoisotopic (exact) mass is 405 g/mol. The van der Waals surface area contributed by atoms with E-state index in [4.69, 9.17) is 0 Å². The van der Waals surface area contributed by atoms with E-state index in [1.165, 1.54) is 0 Å². The Morgan fingerprint density at radius 2 is 2.07 bits per heavy atom. The number of imidazole rings is 1. The lowest BCUT2D eigenvalue weighted by Gasteiger charge is -2.17. The van der Waals surface area contributed by atoms with Crippen molar-refractivity contribution in [3.05, 3.63) is 59.5 Å². The number of nitrogens with one attached hydrogen (secondary N) is 1. The molecule has 30 heavy (non-hydrogen) atoms. The van der Waals surface area contributed by atoms with E-state index in [0.29, 0.717) is 34.8 Å². The summed E-state index contributed by atoms with van der Waals surface area (Å²) < 4.78 is 1.82. The van der Waals surface area contributed by atoms with E-state index in [2.05, 4.69) is 21.4 Å². The van der Waals surface area contributed by atoms with Gasteiger partial charge >= 0.3 is 0 Å². The maximum atomic E-state index is 13.1. The van der Waals surface area contributed by atoms with E-state index in [9.17, 15) is 9.59 Å². The lowest BCUT2D eigenvalue weighted by atomic mass is 9.97. The second kappa shape index (κ2) is 8.26. The predicted molar refractivity (Wildman–Crippen MR) is 115 cm³/mol. The minimum absolute atomic E-state index is 0.00802. The first kappa shape index (κ1) is 20.1. The molecule has 0 radical (unpaired) electrons. The third-order valence-electron chi connectivity index (χ3n) is 5.54. The zero-order valence-electron chi connectivity index (χ0n) is 17.6. The SMILES string of the molecule is CC(C)NC(=O)c1cccc(CC2CCN(C(=O)c3ccnc4c3ncn4C)C2)c1. The second-order valence-corrected chi connectivity index (χ2v) is 8.32. The molecule has 1 fully saturated rings. The fraction of sp³-hybridized carbons (Fsp3) is 0.391. The first-order chi connectivity index (χ1) is 14.4. The van der Waals surface area contributed by atoms with Gasteiger partial charge in [-0.1, -0.05) is 12.1 Å². The Kier molecular flexibility index (Phi) is 5.53. The van der Waals surface area contributed by atoms with Gasteiger partial charge in [-0.25, -0.2) is 9.97 Å². The van der Waals surface area contributed by atoms with Gasteiger partial charge in [-0.3, -0.25) is 9.59 Å². The summed E-state index contributed by atoms with van der Waals surface area (Å²) >= 11 is 0. The molecule has 0 saturated carbocycles.